The molecule has 1 aromatic heterocycles. The molecule has 0 bridgehead atoms. The van der Waals surface area contributed by atoms with E-state index < -0.39 is 6.23 Å². The van der Waals surface area contributed by atoms with Crippen molar-refractivity contribution in [1.82, 2.24) is 15.6 Å². The van der Waals surface area contributed by atoms with Crippen molar-refractivity contribution in [2.75, 3.05) is 20.2 Å². The van der Waals surface area contributed by atoms with Gasteiger partial charge in [-0.25, -0.2) is 0 Å². The van der Waals surface area contributed by atoms with Gasteiger partial charge in [-0.05, 0) is 36.1 Å². The topological polar surface area (TPSA) is 107 Å². The second-order valence-corrected chi connectivity index (χ2v) is 8.37. The van der Waals surface area contributed by atoms with Gasteiger partial charge < -0.3 is 25.3 Å². The second kappa shape index (κ2) is 13.8. The lowest BCUT2D eigenvalue weighted by Gasteiger charge is -2.14. The molecule has 0 aliphatic heterocycles. The zero-order valence-electron chi connectivity index (χ0n) is 18.1. The number of fused-ring (bicyclic) bond motifs is 1. The Morgan fingerprint density at radius 2 is 1.94 bits per heavy atom. The molecule has 0 aliphatic rings. The van der Waals surface area contributed by atoms with Gasteiger partial charge in [0.15, 0.2) is 0 Å². The molecule has 2 unspecified atom stereocenters. The number of nitrogens with one attached hydrogen (secondary N) is 3. The van der Waals surface area contributed by atoms with E-state index >= 15 is 0 Å². The largest absolute Gasteiger partial charge is 0.506 e. The van der Waals surface area contributed by atoms with Gasteiger partial charge in [0.05, 0.1) is 10.8 Å². The number of benzene rings is 2. The van der Waals surface area contributed by atoms with E-state index in [-0.39, 0.29) is 41.5 Å². The first-order valence-corrected chi connectivity index (χ1v) is 10.8. The van der Waals surface area contributed by atoms with Crippen LogP contribution in [-0.2, 0) is 24.1 Å². The standard InChI is InChI=1S/C22H29N3O4S.2ClH/c1-14(29-2)12-23-13-16-5-3-4-15(10-16)8-9-24-19(27)11-17-6-7-18(26)20-21(17)30-22(28)25-20;;/h3-7,10,14,19,23-24,26-27H,8-9,11-13H2,1-2H3,(H,25,28);2*1H. The normalized spacial score (nSPS) is 12.7. The average molecular weight is 504 g/mol. The molecule has 7 nitrogen and oxygen atoms in total. The summed E-state index contributed by atoms with van der Waals surface area (Å²) in [6, 6.07) is 11.7. The molecule has 10 heteroatoms. The number of hydrogen-bond donors (Lipinski definition) is 5. The van der Waals surface area contributed by atoms with E-state index in [9.17, 15) is 15.0 Å². The fraction of sp³-hybridized carbons (Fsp3) is 0.409. The Morgan fingerprint density at radius 3 is 2.69 bits per heavy atom. The predicted octanol–water partition coefficient (Wildman–Crippen LogP) is 2.96. The van der Waals surface area contributed by atoms with Crippen LogP contribution >= 0.6 is 36.2 Å². The molecule has 1 heterocycles. The quantitative estimate of drug-likeness (QED) is 0.257. The van der Waals surface area contributed by atoms with Gasteiger partial charge in [-0.15, -0.1) is 24.8 Å². The number of methoxy groups -OCH3 is 1. The third-order valence-corrected chi connectivity index (χ3v) is 5.96. The van der Waals surface area contributed by atoms with Gasteiger partial charge in [0.1, 0.15) is 17.5 Å². The molecule has 178 valence electrons. The first kappa shape index (κ1) is 28.4. The highest BCUT2D eigenvalue weighted by Gasteiger charge is 2.13. The Bertz CT molecular complexity index is 1030. The third-order valence-electron chi connectivity index (χ3n) is 5.00. The summed E-state index contributed by atoms with van der Waals surface area (Å²) in [5.41, 5.74) is 3.67. The molecule has 0 radical (unpaired) electrons. The van der Waals surface area contributed by atoms with E-state index in [1.54, 1.807) is 19.2 Å². The summed E-state index contributed by atoms with van der Waals surface area (Å²) < 4.78 is 5.92. The number of ether oxygens (including phenoxy) is 1. The van der Waals surface area contributed by atoms with Crippen LogP contribution in [0, 0.1) is 0 Å². The minimum absolute atomic E-state index is 0. The summed E-state index contributed by atoms with van der Waals surface area (Å²) in [6.07, 6.45) is 0.588. The number of aromatic hydroxyl groups is 1. The Kier molecular flexibility index (Phi) is 12.2. The Morgan fingerprint density at radius 1 is 1.19 bits per heavy atom. The zero-order chi connectivity index (χ0) is 21.5. The minimum atomic E-state index is -0.740. The molecule has 0 aliphatic carbocycles. The summed E-state index contributed by atoms with van der Waals surface area (Å²) in [4.78, 5) is 14.0. The van der Waals surface area contributed by atoms with Crippen LogP contribution in [0.15, 0.2) is 41.2 Å². The van der Waals surface area contributed by atoms with Crippen molar-refractivity contribution in [1.29, 1.82) is 0 Å². The van der Waals surface area contributed by atoms with Gasteiger partial charge in [-0.1, -0.05) is 41.7 Å². The number of halogens is 2. The molecule has 3 aromatic rings. The van der Waals surface area contributed by atoms with Crippen molar-refractivity contribution in [3.05, 3.63) is 62.8 Å². The molecule has 0 saturated carbocycles. The van der Waals surface area contributed by atoms with Crippen LogP contribution in [0.3, 0.4) is 0 Å². The lowest BCUT2D eigenvalue weighted by molar-refractivity contribution is 0.117. The zero-order valence-corrected chi connectivity index (χ0v) is 20.5. The van der Waals surface area contributed by atoms with Crippen LogP contribution in [0.4, 0.5) is 0 Å². The van der Waals surface area contributed by atoms with Crippen LogP contribution < -0.4 is 15.5 Å². The molecular formula is C22H31Cl2N3O4S. The van der Waals surface area contributed by atoms with Crippen molar-refractivity contribution >= 4 is 46.4 Å². The molecule has 2 aromatic carbocycles. The predicted molar refractivity (Wildman–Crippen MR) is 135 cm³/mol. The lowest BCUT2D eigenvalue weighted by atomic mass is 10.1. The number of aliphatic hydroxyl groups is 1. The highest BCUT2D eigenvalue weighted by molar-refractivity contribution is 7.16. The number of hydrogen-bond acceptors (Lipinski definition) is 7. The van der Waals surface area contributed by atoms with Crippen molar-refractivity contribution in [2.45, 2.75) is 38.6 Å². The lowest BCUT2D eigenvalue weighted by Crippen LogP contribution is -2.32. The average Bonchev–Trinajstić information content (AvgIpc) is 3.13. The van der Waals surface area contributed by atoms with Gasteiger partial charge in [-0.3, -0.25) is 10.1 Å². The number of phenolic OH excluding ortho intramolecular Hbond substituents is 1. The number of aromatic nitrogens is 1. The van der Waals surface area contributed by atoms with E-state index in [0.29, 0.717) is 23.2 Å². The smallest absolute Gasteiger partial charge is 0.305 e. The molecule has 0 fully saturated rings. The van der Waals surface area contributed by atoms with Gasteiger partial charge in [0, 0.05) is 33.2 Å². The van der Waals surface area contributed by atoms with Crippen LogP contribution in [0.25, 0.3) is 10.2 Å². The van der Waals surface area contributed by atoms with Crippen LogP contribution in [-0.4, -0.2) is 47.7 Å². The Hall–Kier alpha value is -1.65. The van der Waals surface area contributed by atoms with E-state index in [4.69, 9.17) is 4.74 Å². The molecule has 0 spiro atoms. The number of H-pyrrole nitrogens is 1. The molecular weight excluding hydrogens is 473 g/mol. The Labute approximate surface area is 204 Å². The van der Waals surface area contributed by atoms with Gasteiger partial charge in [0.2, 0.25) is 0 Å². The van der Waals surface area contributed by atoms with Gasteiger partial charge in [0.25, 0.3) is 0 Å². The molecule has 32 heavy (non-hydrogen) atoms. The summed E-state index contributed by atoms with van der Waals surface area (Å²) in [7, 11) is 1.71. The monoisotopic (exact) mass is 503 g/mol. The first-order valence-electron chi connectivity index (χ1n) is 10.0. The summed E-state index contributed by atoms with van der Waals surface area (Å²) in [5, 5.41) is 26.8. The molecule has 0 amide bonds. The fourth-order valence-corrected chi connectivity index (χ4v) is 4.17. The van der Waals surface area contributed by atoms with Gasteiger partial charge >= 0.3 is 4.87 Å². The van der Waals surface area contributed by atoms with Crippen LogP contribution in [0.1, 0.15) is 23.6 Å². The fourth-order valence-electron chi connectivity index (χ4n) is 3.30. The van der Waals surface area contributed by atoms with Crippen LogP contribution in [0.5, 0.6) is 5.75 Å². The first-order chi connectivity index (χ1) is 14.5. The number of aromatic amines is 1. The van der Waals surface area contributed by atoms with Crippen molar-refractivity contribution < 1.29 is 14.9 Å². The van der Waals surface area contributed by atoms with E-state index in [2.05, 4.69) is 33.8 Å². The highest BCUT2D eigenvalue weighted by Crippen LogP contribution is 2.28. The van der Waals surface area contributed by atoms with Crippen molar-refractivity contribution in [3.8, 4) is 5.75 Å². The van der Waals surface area contributed by atoms with Crippen LogP contribution in [0.2, 0.25) is 0 Å². The number of aliphatic hydroxyl groups excluding tert-OH is 1. The maximum absolute atomic E-state index is 11.6. The number of phenols is 1. The van der Waals surface area contributed by atoms with E-state index in [1.165, 1.54) is 11.1 Å². The highest BCUT2D eigenvalue weighted by atomic mass is 35.5. The SMILES string of the molecule is COC(C)CNCc1cccc(CCNC(O)Cc2ccc(O)c3[nH]c(=O)sc23)c1.Cl.Cl. The van der Waals surface area contributed by atoms with E-state index in [0.717, 1.165) is 36.4 Å². The van der Waals surface area contributed by atoms with E-state index in [1.807, 2.05) is 13.0 Å². The summed E-state index contributed by atoms with van der Waals surface area (Å²) in [6.45, 7) is 4.24. The van der Waals surface area contributed by atoms with Gasteiger partial charge in [-0.2, -0.15) is 0 Å². The summed E-state index contributed by atoms with van der Waals surface area (Å²) >= 11 is 1.04. The second-order valence-electron chi connectivity index (χ2n) is 7.38. The number of thiazole rings is 1. The maximum Gasteiger partial charge on any atom is 0.305 e. The molecule has 5 N–H and O–H groups in total. The number of rotatable bonds is 11. The van der Waals surface area contributed by atoms with Crippen molar-refractivity contribution in [2.24, 2.45) is 0 Å². The Balaban J connectivity index is 0.00000256. The third kappa shape index (κ3) is 8.04. The van der Waals surface area contributed by atoms with Crippen molar-refractivity contribution in [3.63, 3.8) is 0 Å². The maximum atomic E-state index is 11.6. The molecule has 3 rings (SSSR count). The summed E-state index contributed by atoms with van der Waals surface area (Å²) in [5.74, 6) is 0.0422. The molecule has 0 saturated heterocycles. The molecule has 2 atom stereocenters. The minimum Gasteiger partial charge on any atom is -0.506 e.